The van der Waals surface area contributed by atoms with Gasteiger partial charge in [-0.25, -0.2) is 4.79 Å². The minimum atomic E-state index is -1.11. The summed E-state index contributed by atoms with van der Waals surface area (Å²) in [6, 6.07) is 6.96. The average Bonchev–Trinajstić information content (AvgIpc) is 2.86. The van der Waals surface area contributed by atoms with Crippen LogP contribution in [0.5, 0.6) is 0 Å². The number of nitrogens with one attached hydrogen (secondary N) is 2. The zero-order valence-corrected chi connectivity index (χ0v) is 15.0. The maximum Gasteiger partial charge on any atom is 0.331 e. The molecule has 1 heterocycles. The second-order valence-electron chi connectivity index (χ2n) is 6.34. The molecule has 0 bridgehead atoms. The average molecular weight is 344 g/mol. The molecule has 0 spiro atoms. The lowest BCUT2D eigenvalue weighted by Gasteiger charge is -2.19. The van der Waals surface area contributed by atoms with E-state index in [4.69, 9.17) is 0 Å². The van der Waals surface area contributed by atoms with Crippen LogP contribution in [0.2, 0.25) is 0 Å². The molecule has 0 fully saturated rings. The van der Waals surface area contributed by atoms with Crippen LogP contribution in [-0.2, 0) is 16.1 Å². The van der Waals surface area contributed by atoms with E-state index in [1.807, 2.05) is 43.1 Å². The standard InChI is InChI=1S/C18H24N4O3/c1-11-5-7-14(8-6-11)9-22(4)10-15(23)19-17(18(24)25)16-12(2)20-21-13(16)3/h5-8,17H,9-10H2,1-4H3,(H,19,23)(H,20,21)(H,24,25)/t17-/m1/s1. The molecule has 3 N–H and O–H groups in total. The third-order valence-electron chi connectivity index (χ3n) is 4.01. The Labute approximate surface area is 147 Å². The number of likely N-dealkylation sites (N-methyl/N-ethyl adjacent to an activating group) is 1. The summed E-state index contributed by atoms with van der Waals surface area (Å²) in [6.07, 6.45) is 0. The van der Waals surface area contributed by atoms with E-state index < -0.39 is 12.0 Å². The number of hydrogen-bond donors (Lipinski definition) is 3. The second-order valence-corrected chi connectivity index (χ2v) is 6.34. The molecule has 1 aromatic heterocycles. The normalized spacial score (nSPS) is 12.2. The Bertz CT molecular complexity index is 733. The van der Waals surface area contributed by atoms with Gasteiger partial charge >= 0.3 is 5.97 Å². The zero-order chi connectivity index (χ0) is 18.6. The highest BCUT2D eigenvalue weighted by atomic mass is 16.4. The third-order valence-corrected chi connectivity index (χ3v) is 4.01. The van der Waals surface area contributed by atoms with Crippen molar-refractivity contribution in [2.24, 2.45) is 0 Å². The lowest BCUT2D eigenvalue weighted by atomic mass is 10.1. The number of aliphatic carboxylic acids is 1. The molecule has 0 radical (unpaired) electrons. The molecule has 2 rings (SSSR count). The number of carbonyl (C=O) groups is 2. The van der Waals surface area contributed by atoms with E-state index in [1.54, 1.807) is 13.8 Å². The highest BCUT2D eigenvalue weighted by molar-refractivity contribution is 5.86. The number of H-pyrrole nitrogens is 1. The summed E-state index contributed by atoms with van der Waals surface area (Å²) < 4.78 is 0. The predicted molar refractivity (Wildman–Crippen MR) is 94.1 cm³/mol. The number of hydrogen-bond acceptors (Lipinski definition) is 4. The number of aryl methyl sites for hydroxylation is 3. The monoisotopic (exact) mass is 344 g/mol. The molecule has 0 saturated carbocycles. The van der Waals surface area contributed by atoms with Gasteiger partial charge in [0.05, 0.1) is 12.2 Å². The smallest absolute Gasteiger partial charge is 0.331 e. The number of carboxylic acid groups (broad SMARTS) is 1. The first-order chi connectivity index (χ1) is 11.8. The van der Waals surface area contributed by atoms with E-state index in [0.717, 1.165) is 5.56 Å². The van der Waals surface area contributed by atoms with E-state index in [0.29, 0.717) is 23.5 Å². The van der Waals surface area contributed by atoms with Gasteiger partial charge in [-0.05, 0) is 33.4 Å². The first-order valence-corrected chi connectivity index (χ1v) is 8.05. The Morgan fingerprint density at radius 2 is 1.88 bits per heavy atom. The summed E-state index contributed by atoms with van der Waals surface area (Å²) in [7, 11) is 1.82. The van der Waals surface area contributed by atoms with Gasteiger partial charge in [0, 0.05) is 17.8 Å². The van der Waals surface area contributed by atoms with Crippen LogP contribution >= 0.6 is 0 Å². The first-order valence-electron chi connectivity index (χ1n) is 8.05. The Morgan fingerprint density at radius 1 is 1.24 bits per heavy atom. The molecule has 1 aromatic carbocycles. The van der Waals surface area contributed by atoms with E-state index in [9.17, 15) is 14.7 Å². The SMILES string of the molecule is Cc1ccc(CN(C)CC(=O)N[C@@H](C(=O)O)c2c(C)n[nH]c2C)cc1. The van der Waals surface area contributed by atoms with Crippen LogP contribution in [0.4, 0.5) is 0 Å². The number of aromatic nitrogens is 2. The molecule has 0 saturated heterocycles. The second kappa shape index (κ2) is 7.94. The van der Waals surface area contributed by atoms with Crippen molar-refractivity contribution in [2.75, 3.05) is 13.6 Å². The summed E-state index contributed by atoms with van der Waals surface area (Å²) in [5.74, 6) is -1.45. The third kappa shape index (κ3) is 4.90. The van der Waals surface area contributed by atoms with Crippen molar-refractivity contribution in [3.8, 4) is 0 Å². The zero-order valence-electron chi connectivity index (χ0n) is 15.0. The minimum absolute atomic E-state index is 0.105. The highest BCUT2D eigenvalue weighted by Crippen LogP contribution is 2.20. The van der Waals surface area contributed by atoms with Gasteiger partial charge in [0.25, 0.3) is 0 Å². The Balaban J connectivity index is 1.99. The Kier molecular flexibility index (Phi) is 5.93. The van der Waals surface area contributed by atoms with Crippen molar-refractivity contribution < 1.29 is 14.7 Å². The van der Waals surface area contributed by atoms with E-state index in [-0.39, 0.29) is 12.5 Å². The number of rotatable bonds is 7. The van der Waals surface area contributed by atoms with Crippen LogP contribution in [0, 0.1) is 20.8 Å². The molecule has 0 unspecified atom stereocenters. The van der Waals surface area contributed by atoms with Gasteiger partial charge in [0.15, 0.2) is 6.04 Å². The van der Waals surface area contributed by atoms with Gasteiger partial charge in [-0.2, -0.15) is 5.10 Å². The molecule has 2 aromatic rings. The van der Waals surface area contributed by atoms with Crippen molar-refractivity contribution in [1.82, 2.24) is 20.4 Å². The maximum atomic E-state index is 12.3. The molecular weight excluding hydrogens is 320 g/mol. The number of benzene rings is 1. The fraction of sp³-hybridized carbons (Fsp3) is 0.389. The molecule has 134 valence electrons. The van der Waals surface area contributed by atoms with Crippen LogP contribution < -0.4 is 5.32 Å². The van der Waals surface area contributed by atoms with Crippen molar-refractivity contribution >= 4 is 11.9 Å². The number of nitrogens with zero attached hydrogens (tertiary/aromatic N) is 2. The molecular formula is C18H24N4O3. The number of amides is 1. The molecule has 0 aliphatic carbocycles. The van der Waals surface area contributed by atoms with Crippen LogP contribution in [0.3, 0.4) is 0 Å². The van der Waals surface area contributed by atoms with Gasteiger partial charge < -0.3 is 10.4 Å². The van der Waals surface area contributed by atoms with Gasteiger partial charge in [0.1, 0.15) is 0 Å². The molecule has 1 atom stereocenters. The van der Waals surface area contributed by atoms with Crippen molar-refractivity contribution in [1.29, 1.82) is 0 Å². The molecule has 1 amide bonds. The lowest BCUT2D eigenvalue weighted by molar-refractivity contribution is -0.142. The van der Waals surface area contributed by atoms with Crippen molar-refractivity contribution in [3.63, 3.8) is 0 Å². The minimum Gasteiger partial charge on any atom is -0.479 e. The van der Waals surface area contributed by atoms with Crippen LogP contribution in [0.1, 0.15) is 34.1 Å². The molecule has 0 aliphatic rings. The predicted octanol–water partition coefficient (Wildman–Crippen LogP) is 1.71. The van der Waals surface area contributed by atoms with Crippen LogP contribution in [0.25, 0.3) is 0 Å². The molecule has 0 aliphatic heterocycles. The largest absolute Gasteiger partial charge is 0.479 e. The molecule has 7 heteroatoms. The summed E-state index contributed by atoms with van der Waals surface area (Å²) >= 11 is 0. The van der Waals surface area contributed by atoms with Gasteiger partial charge in [-0.3, -0.25) is 14.8 Å². The number of aromatic amines is 1. The van der Waals surface area contributed by atoms with Crippen LogP contribution in [0.15, 0.2) is 24.3 Å². The van der Waals surface area contributed by atoms with Gasteiger partial charge in [-0.15, -0.1) is 0 Å². The summed E-state index contributed by atoms with van der Waals surface area (Å²) in [4.78, 5) is 25.7. The number of carboxylic acids is 1. The summed E-state index contributed by atoms with van der Waals surface area (Å²) in [5.41, 5.74) is 3.98. The highest BCUT2D eigenvalue weighted by Gasteiger charge is 2.27. The van der Waals surface area contributed by atoms with Crippen molar-refractivity contribution in [2.45, 2.75) is 33.4 Å². The van der Waals surface area contributed by atoms with Gasteiger partial charge in [0.2, 0.25) is 5.91 Å². The summed E-state index contributed by atoms with van der Waals surface area (Å²) in [6.45, 7) is 6.18. The van der Waals surface area contributed by atoms with Crippen molar-refractivity contribution in [3.05, 3.63) is 52.3 Å². The Hall–Kier alpha value is -2.67. The first kappa shape index (κ1) is 18.7. The Morgan fingerprint density at radius 3 is 2.40 bits per heavy atom. The lowest BCUT2D eigenvalue weighted by Crippen LogP contribution is -2.40. The summed E-state index contributed by atoms with van der Waals surface area (Å²) in [5, 5.41) is 18.8. The molecule has 25 heavy (non-hydrogen) atoms. The van der Waals surface area contributed by atoms with E-state index >= 15 is 0 Å². The fourth-order valence-corrected chi connectivity index (χ4v) is 2.76. The fourth-order valence-electron chi connectivity index (χ4n) is 2.76. The van der Waals surface area contributed by atoms with Gasteiger partial charge in [-0.1, -0.05) is 29.8 Å². The molecule has 7 nitrogen and oxygen atoms in total. The quantitative estimate of drug-likeness (QED) is 0.710. The number of carbonyl (C=O) groups excluding carboxylic acids is 1. The topological polar surface area (TPSA) is 98.3 Å². The van der Waals surface area contributed by atoms with E-state index in [2.05, 4.69) is 15.5 Å². The maximum absolute atomic E-state index is 12.3. The van der Waals surface area contributed by atoms with E-state index in [1.165, 1.54) is 5.56 Å². The van der Waals surface area contributed by atoms with Crippen LogP contribution in [-0.4, -0.2) is 45.7 Å².